The number of likely N-dealkylation sites (tertiary alicyclic amines) is 1. The summed E-state index contributed by atoms with van der Waals surface area (Å²) in [6, 6.07) is -0.557. The van der Waals surface area contributed by atoms with Crippen molar-refractivity contribution in [2.75, 3.05) is 0 Å². The van der Waals surface area contributed by atoms with Gasteiger partial charge in [0.15, 0.2) is 0 Å². The molecule has 1 rings (SSSR count). The largest absolute Gasteiger partial charge is 0.480 e. The highest BCUT2D eigenvalue weighted by Crippen LogP contribution is 2.22. The Morgan fingerprint density at radius 3 is 2.85 bits per heavy atom. The Morgan fingerprint density at radius 2 is 2.38 bits per heavy atom. The van der Waals surface area contributed by atoms with E-state index >= 15 is 0 Å². The van der Waals surface area contributed by atoms with E-state index in [0.29, 0.717) is 12.8 Å². The zero-order chi connectivity index (χ0) is 10.0. The Hall–Kier alpha value is -1.06. The average Bonchev–Trinajstić information content (AvgIpc) is 2.46. The van der Waals surface area contributed by atoms with Crippen LogP contribution in [0.15, 0.2) is 0 Å². The lowest BCUT2D eigenvalue weighted by molar-refractivity contribution is -0.147. The molecule has 74 valence electrons. The third-order valence-corrected chi connectivity index (χ3v) is 2.61. The van der Waals surface area contributed by atoms with Gasteiger partial charge in [-0.2, -0.15) is 0 Å². The number of rotatable bonds is 3. The summed E-state index contributed by atoms with van der Waals surface area (Å²) >= 11 is 0. The van der Waals surface area contributed by atoms with E-state index in [2.05, 4.69) is 0 Å². The van der Waals surface area contributed by atoms with Crippen molar-refractivity contribution in [1.82, 2.24) is 4.90 Å². The number of carboxylic acids is 1. The van der Waals surface area contributed by atoms with Gasteiger partial charge < -0.3 is 10.0 Å². The monoisotopic (exact) mass is 185 g/mol. The van der Waals surface area contributed by atoms with E-state index in [0.717, 1.165) is 6.42 Å². The highest BCUT2D eigenvalue weighted by molar-refractivity contribution is 5.87. The van der Waals surface area contributed by atoms with Crippen molar-refractivity contribution in [1.29, 1.82) is 0 Å². The van der Waals surface area contributed by atoms with Gasteiger partial charge in [-0.3, -0.25) is 4.79 Å². The first kappa shape index (κ1) is 10.0. The first-order valence-corrected chi connectivity index (χ1v) is 4.62. The Morgan fingerprint density at radius 1 is 1.77 bits per heavy atom. The first-order chi connectivity index (χ1) is 6.07. The molecular weight excluding hydrogens is 170 g/mol. The van der Waals surface area contributed by atoms with E-state index < -0.39 is 12.0 Å². The molecule has 1 N–H and O–H groups in total. The molecule has 1 aliphatic heterocycles. The lowest BCUT2D eigenvalue weighted by Crippen LogP contribution is -2.43. The second-order valence-corrected chi connectivity index (χ2v) is 3.45. The number of carbonyl (C=O) groups excluding carboxylic acids is 1. The maximum atomic E-state index is 11.4. The molecule has 1 saturated heterocycles. The molecule has 1 aliphatic rings. The second-order valence-electron chi connectivity index (χ2n) is 3.45. The van der Waals surface area contributed by atoms with Crippen molar-refractivity contribution in [2.45, 2.75) is 45.2 Å². The molecule has 0 aromatic heterocycles. The van der Waals surface area contributed by atoms with Crippen molar-refractivity contribution in [3.63, 3.8) is 0 Å². The average molecular weight is 185 g/mol. The van der Waals surface area contributed by atoms with Crippen molar-refractivity contribution in [3.05, 3.63) is 0 Å². The highest BCUT2D eigenvalue weighted by atomic mass is 16.4. The van der Waals surface area contributed by atoms with Gasteiger partial charge in [0, 0.05) is 12.5 Å². The standard InChI is InChI=1S/C9H15NO3/c1-3-6(2)10-7(9(12)13)4-5-8(10)11/h6-7H,3-5H2,1-2H3,(H,12,13). The minimum Gasteiger partial charge on any atom is -0.480 e. The van der Waals surface area contributed by atoms with Crippen LogP contribution in [0.1, 0.15) is 33.1 Å². The summed E-state index contributed by atoms with van der Waals surface area (Å²) < 4.78 is 0. The highest BCUT2D eigenvalue weighted by Gasteiger charge is 2.37. The van der Waals surface area contributed by atoms with Gasteiger partial charge in [0.25, 0.3) is 0 Å². The number of nitrogens with zero attached hydrogens (tertiary/aromatic N) is 1. The van der Waals surface area contributed by atoms with E-state index in [1.165, 1.54) is 4.90 Å². The molecule has 2 atom stereocenters. The molecule has 2 unspecified atom stereocenters. The van der Waals surface area contributed by atoms with Gasteiger partial charge in [0.1, 0.15) is 6.04 Å². The predicted molar refractivity (Wildman–Crippen MR) is 47.3 cm³/mol. The van der Waals surface area contributed by atoms with Gasteiger partial charge in [-0.05, 0) is 19.8 Å². The van der Waals surface area contributed by atoms with Crippen LogP contribution in [0.2, 0.25) is 0 Å². The summed E-state index contributed by atoms with van der Waals surface area (Å²) in [4.78, 5) is 23.6. The summed E-state index contributed by atoms with van der Waals surface area (Å²) in [5, 5.41) is 8.85. The van der Waals surface area contributed by atoms with E-state index in [9.17, 15) is 9.59 Å². The molecule has 0 aliphatic carbocycles. The van der Waals surface area contributed by atoms with Crippen molar-refractivity contribution >= 4 is 11.9 Å². The van der Waals surface area contributed by atoms with Crippen LogP contribution in [0.5, 0.6) is 0 Å². The van der Waals surface area contributed by atoms with Crippen LogP contribution in [0.25, 0.3) is 0 Å². The summed E-state index contributed by atoms with van der Waals surface area (Å²) in [5.41, 5.74) is 0. The molecule has 4 nitrogen and oxygen atoms in total. The van der Waals surface area contributed by atoms with Crippen LogP contribution >= 0.6 is 0 Å². The molecule has 0 aromatic carbocycles. The smallest absolute Gasteiger partial charge is 0.326 e. The summed E-state index contributed by atoms with van der Waals surface area (Å²) in [6.45, 7) is 3.84. The summed E-state index contributed by atoms with van der Waals surface area (Å²) in [5.74, 6) is -0.909. The minimum absolute atomic E-state index is 0.0262. The third kappa shape index (κ3) is 1.82. The number of aliphatic carboxylic acids is 1. The Labute approximate surface area is 77.5 Å². The zero-order valence-corrected chi connectivity index (χ0v) is 7.99. The SMILES string of the molecule is CCC(C)N1C(=O)CCC1C(=O)O. The quantitative estimate of drug-likeness (QED) is 0.709. The van der Waals surface area contributed by atoms with Crippen molar-refractivity contribution < 1.29 is 14.7 Å². The zero-order valence-electron chi connectivity index (χ0n) is 7.99. The van der Waals surface area contributed by atoms with E-state index in [4.69, 9.17) is 5.11 Å². The number of amides is 1. The molecule has 1 fully saturated rings. The van der Waals surface area contributed by atoms with E-state index in [1.807, 2.05) is 13.8 Å². The maximum absolute atomic E-state index is 11.4. The fourth-order valence-electron chi connectivity index (χ4n) is 1.69. The van der Waals surface area contributed by atoms with E-state index in [1.54, 1.807) is 0 Å². The first-order valence-electron chi connectivity index (χ1n) is 4.62. The van der Waals surface area contributed by atoms with Crippen LogP contribution in [0.4, 0.5) is 0 Å². The van der Waals surface area contributed by atoms with Crippen LogP contribution in [0.3, 0.4) is 0 Å². The van der Waals surface area contributed by atoms with Crippen LogP contribution in [-0.2, 0) is 9.59 Å². The lowest BCUT2D eigenvalue weighted by Gasteiger charge is -2.27. The molecule has 0 saturated carbocycles. The van der Waals surface area contributed by atoms with Gasteiger partial charge in [-0.1, -0.05) is 6.92 Å². The van der Waals surface area contributed by atoms with Gasteiger partial charge in [-0.15, -0.1) is 0 Å². The van der Waals surface area contributed by atoms with Crippen molar-refractivity contribution in [3.8, 4) is 0 Å². The lowest BCUT2D eigenvalue weighted by atomic mass is 10.2. The molecule has 1 heterocycles. The van der Waals surface area contributed by atoms with E-state index in [-0.39, 0.29) is 11.9 Å². The fourth-order valence-corrected chi connectivity index (χ4v) is 1.69. The molecule has 0 aromatic rings. The maximum Gasteiger partial charge on any atom is 0.326 e. The molecule has 0 spiro atoms. The van der Waals surface area contributed by atoms with Crippen molar-refractivity contribution in [2.24, 2.45) is 0 Å². The molecule has 1 amide bonds. The second kappa shape index (κ2) is 3.77. The number of hydrogen-bond acceptors (Lipinski definition) is 2. The van der Waals surface area contributed by atoms with Gasteiger partial charge >= 0.3 is 5.97 Å². The van der Waals surface area contributed by atoms with Gasteiger partial charge in [0.05, 0.1) is 0 Å². The summed E-state index contributed by atoms with van der Waals surface area (Å²) in [7, 11) is 0. The summed E-state index contributed by atoms with van der Waals surface area (Å²) in [6.07, 6.45) is 1.63. The number of carbonyl (C=O) groups is 2. The van der Waals surface area contributed by atoms with Crippen LogP contribution in [0, 0.1) is 0 Å². The molecule has 13 heavy (non-hydrogen) atoms. The van der Waals surface area contributed by atoms with Crippen LogP contribution < -0.4 is 0 Å². The minimum atomic E-state index is -0.883. The molecule has 4 heteroatoms. The Balaban J connectivity index is 2.76. The molecular formula is C9H15NO3. The predicted octanol–water partition coefficient (Wildman–Crippen LogP) is 0.861. The normalized spacial score (nSPS) is 24.9. The Kier molecular flexibility index (Phi) is 2.90. The van der Waals surface area contributed by atoms with Gasteiger partial charge in [-0.25, -0.2) is 4.79 Å². The molecule has 0 radical (unpaired) electrons. The third-order valence-electron chi connectivity index (χ3n) is 2.61. The number of hydrogen-bond donors (Lipinski definition) is 1. The molecule has 0 bridgehead atoms. The van der Waals surface area contributed by atoms with Gasteiger partial charge in [0.2, 0.25) is 5.91 Å². The Bertz CT molecular complexity index is 227. The topological polar surface area (TPSA) is 57.6 Å². The fraction of sp³-hybridized carbons (Fsp3) is 0.778. The number of carboxylic acid groups (broad SMARTS) is 1. The van der Waals surface area contributed by atoms with Crippen LogP contribution in [-0.4, -0.2) is 34.0 Å².